The van der Waals surface area contributed by atoms with Gasteiger partial charge in [-0.3, -0.25) is 33.8 Å². The van der Waals surface area contributed by atoms with Gasteiger partial charge in [0.2, 0.25) is 34.7 Å². The lowest BCUT2D eigenvalue weighted by atomic mass is 10.0. The topological polar surface area (TPSA) is 279 Å². The van der Waals surface area contributed by atoms with Gasteiger partial charge in [-0.2, -0.15) is 0 Å². The molecule has 5 amide bonds. The number of nitrogens with one attached hydrogen (secondary N) is 4. The second-order valence-electron chi connectivity index (χ2n) is 14.3. The van der Waals surface area contributed by atoms with Gasteiger partial charge < -0.3 is 53.0 Å². The molecule has 17 nitrogen and oxygen atoms in total. The number of hydrogen-bond acceptors (Lipinski definition) is 11. The molecule has 11 N–H and O–H groups in total. The van der Waals surface area contributed by atoms with Gasteiger partial charge in [0.25, 0.3) is 0 Å². The van der Waals surface area contributed by atoms with Crippen LogP contribution in [-0.2, 0) is 35.2 Å². The second kappa shape index (κ2) is 22.1. The van der Waals surface area contributed by atoms with Gasteiger partial charge in [-0.15, -0.1) is 0 Å². The number of carbonyl (C=O) groups excluding carboxylic acids is 6. The summed E-state index contributed by atoms with van der Waals surface area (Å²) in [6.45, 7) is 8.21. The Bertz CT molecular complexity index is 1470. The molecule has 0 aromatic heterocycles. The molecule has 1 heterocycles. The summed E-state index contributed by atoms with van der Waals surface area (Å²) in [6, 6.07) is 0.305. The first-order valence-electron chi connectivity index (χ1n) is 18.2. The number of aliphatic hydroxyl groups excluding tert-OH is 2. The highest BCUT2D eigenvalue weighted by atomic mass is 32.2. The predicted octanol–water partition coefficient (Wildman–Crippen LogP) is -0.602. The van der Waals surface area contributed by atoms with E-state index in [2.05, 4.69) is 26.3 Å². The lowest BCUT2D eigenvalue weighted by Crippen LogP contribution is -2.59. The largest absolute Gasteiger partial charge is 0.508 e. The van der Waals surface area contributed by atoms with Crippen molar-refractivity contribution in [3.63, 3.8) is 0 Å². The van der Waals surface area contributed by atoms with Crippen LogP contribution < -0.4 is 32.7 Å². The molecule has 0 radical (unpaired) electrons. The van der Waals surface area contributed by atoms with E-state index in [1.807, 2.05) is 27.7 Å². The van der Waals surface area contributed by atoms with E-state index >= 15 is 0 Å². The number of likely N-dealkylation sites (tertiary alicyclic amines) is 1. The Morgan fingerprint density at radius 2 is 1.57 bits per heavy atom. The van der Waals surface area contributed by atoms with Crippen LogP contribution >= 0.6 is 11.8 Å². The predicted molar refractivity (Wildman–Crippen MR) is 205 cm³/mol. The van der Waals surface area contributed by atoms with Crippen molar-refractivity contribution in [1.29, 1.82) is 0 Å². The number of carbonyl (C=O) groups is 6. The number of rotatable bonds is 21. The van der Waals surface area contributed by atoms with Crippen LogP contribution in [0.25, 0.3) is 0 Å². The number of aliphatic hydroxyl groups is 2. The minimum absolute atomic E-state index is 0.000295. The fraction of sp³-hybridized carbons (Fsp3) is 0.639. The molecule has 1 aromatic carbocycles. The number of benzene rings is 1. The van der Waals surface area contributed by atoms with Gasteiger partial charge in [0.15, 0.2) is 5.96 Å². The average molecular weight is 779 g/mol. The van der Waals surface area contributed by atoms with Crippen molar-refractivity contribution in [1.82, 2.24) is 26.2 Å². The van der Waals surface area contributed by atoms with E-state index in [1.165, 1.54) is 24.0 Å². The molecule has 18 heteroatoms. The molecule has 54 heavy (non-hydrogen) atoms. The van der Waals surface area contributed by atoms with E-state index in [9.17, 15) is 44.1 Å². The lowest BCUT2D eigenvalue weighted by Gasteiger charge is -2.32. The Balaban J connectivity index is 2.36. The van der Waals surface area contributed by atoms with Gasteiger partial charge in [0, 0.05) is 37.8 Å². The summed E-state index contributed by atoms with van der Waals surface area (Å²) in [4.78, 5) is 85.4. The SMILES string of the molecule is CC(=O)N[C@@H](CO)C(=O)N[C@@H](Cc1ccc(O)cc1)C(=O)N[C@@H](CCCN=C(N)N)C(=O)N1CCC[C@H]1C(=O)N[C@H](C(=O)SC(C)(C)CCCO)C(C)C. The summed E-state index contributed by atoms with van der Waals surface area (Å²) in [5.41, 5.74) is 11.5. The van der Waals surface area contributed by atoms with Crippen LogP contribution in [0.1, 0.15) is 78.7 Å². The number of phenolic OH excluding ortho intramolecular Hbond substituents is 1. The van der Waals surface area contributed by atoms with Crippen molar-refractivity contribution < 1.29 is 44.1 Å². The molecule has 0 spiro atoms. The van der Waals surface area contributed by atoms with Crippen molar-refractivity contribution in [2.45, 2.75) is 115 Å². The summed E-state index contributed by atoms with van der Waals surface area (Å²) in [7, 11) is 0. The molecular formula is C36H58N8O9S. The third kappa shape index (κ3) is 15.1. The Kier molecular flexibility index (Phi) is 18.7. The van der Waals surface area contributed by atoms with Crippen molar-refractivity contribution in [2.24, 2.45) is 22.4 Å². The Morgan fingerprint density at radius 3 is 2.15 bits per heavy atom. The lowest BCUT2D eigenvalue weighted by molar-refractivity contribution is -0.142. The molecule has 2 rings (SSSR count). The Hall–Kier alpha value is -4.42. The zero-order chi connectivity index (χ0) is 40.6. The third-order valence-electron chi connectivity index (χ3n) is 8.82. The molecule has 1 aliphatic rings. The number of hydrogen-bond donors (Lipinski definition) is 9. The maximum Gasteiger partial charge on any atom is 0.245 e. The van der Waals surface area contributed by atoms with Crippen molar-refractivity contribution >= 4 is 52.4 Å². The molecule has 302 valence electrons. The van der Waals surface area contributed by atoms with E-state index < -0.39 is 71.1 Å². The van der Waals surface area contributed by atoms with Crippen LogP contribution in [0.2, 0.25) is 0 Å². The maximum atomic E-state index is 14.2. The van der Waals surface area contributed by atoms with Crippen LogP contribution in [-0.4, -0.2) is 122 Å². The summed E-state index contributed by atoms with van der Waals surface area (Å²) >= 11 is 1.11. The molecule has 5 atom stereocenters. The number of nitrogens with zero attached hydrogens (tertiary/aromatic N) is 2. The number of aromatic hydroxyl groups is 1. The zero-order valence-corrected chi connectivity index (χ0v) is 32.6. The van der Waals surface area contributed by atoms with Gasteiger partial charge in [0.05, 0.1) is 6.61 Å². The molecule has 1 aliphatic heterocycles. The van der Waals surface area contributed by atoms with Crippen molar-refractivity contribution in [3.8, 4) is 5.75 Å². The second-order valence-corrected chi connectivity index (χ2v) is 16.0. The molecule has 0 bridgehead atoms. The molecule has 1 fully saturated rings. The number of guanidine groups is 1. The van der Waals surface area contributed by atoms with Gasteiger partial charge in [-0.05, 0) is 62.1 Å². The fourth-order valence-electron chi connectivity index (χ4n) is 5.96. The number of aliphatic imine (C=N–C) groups is 1. The number of amides is 5. The fourth-order valence-corrected chi connectivity index (χ4v) is 7.21. The van der Waals surface area contributed by atoms with Crippen LogP contribution in [0.5, 0.6) is 5.75 Å². The minimum atomic E-state index is -1.36. The Morgan fingerprint density at radius 1 is 0.944 bits per heavy atom. The van der Waals surface area contributed by atoms with E-state index in [0.717, 1.165) is 11.8 Å². The van der Waals surface area contributed by atoms with E-state index in [-0.39, 0.29) is 61.7 Å². The van der Waals surface area contributed by atoms with Gasteiger partial charge in [-0.25, -0.2) is 0 Å². The highest BCUT2D eigenvalue weighted by Crippen LogP contribution is 2.32. The van der Waals surface area contributed by atoms with Crippen LogP contribution in [0.3, 0.4) is 0 Å². The molecule has 1 aromatic rings. The summed E-state index contributed by atoms with van der Waals surface area (Å²) in [6.07, 6.45) is 2.17. The maximum absolute atomic E-state index is 14.2. The third-order valence-corrected chi connectivity index (χ3v) is 10.0. The zero-order valence-electron chi connectivity index (χ0n) is 31.8. The molecule has 0 saturated carbocycles. The normalized spacial score (nSPS) is 16.4. The van der Waals surface area contributed by atoms with E-state index in [4.69, 9.17) is 11.5 Å². The standard InChI is InChI=1S/C36H58N8O9S/c1-21(2)29(34(53)54-36(4,5)15-8-18-45)43-32(51)28-10-7-17-44(28)33(52)25(9-6-16-39-35(37)38)41-30(49)26(19-23-11-13-24(48)14-12-23)42-31(50)27(20-46)40-22(3)47/h11-14,21,25-29,45-46,48H,6-10,15-20H2,1-5H3,(H,40,47)(H,41,49)(H,42,50)(H,43,51)(H4,37,38,39)/t25-,26-,27-,28-,29-/m0/s1. The molecule has 0 unspecified atom stereocenters. The summed E-state index contributed by atoms with van der Waals surface area (Å²) in [5.74, 6) is -3.68. The van der Waals surface area contributed by atoms with Crippen LogP contribution in [0.4, 0.5) is 0 Å². The van der Waals surface area contributed by atoms with Gasteiger partial charge in [0.1, 0.15) is 36.0 Å². The monoisotopic (exact) mass is 778 g/mol. The first-order chi connectivity index (χ1) is 25.4. The molecular weight excluding hydrogens is 721 g/mol. The van der Waals surface area contributed by atoms with Crippen molar-refractivity contribution in [3.05, 3.63) is 29.8 Å². The quantitative estimate of drug-likeness (QED) is 0.0430. The number of thioether (sulfide) groups is 1. The smallest absolute Gasteiger partial charge is 0.245 e. The summed E-state index contributed by atoms with van der Waals surface area (Å²) in [5, 5.41) is 39.0. The van der Waals surface area contributed by atoms with Crippen molar-refractivity contribution in [2.75, 3.05) is 26.3 Å². The highest BCUT2D eigenvalue weighted by Gasteiger charge is 2.40. The first-order valence-corrected chi connectivity index (χ1v) is 19.0. The highest BCUT2D eigenvalue weighted by molar-refractivity contribution is 8.14. The van der Waals surface area contributed by atoms with Crippen LogP contribution in [0, 0.1) is 5.92 Å². The van der Waals surface area contributed by atoms with Gasteiger partial charge >= 0.3 is 0 Å². The van der Waals surface area contributed by atoms with E-state index in [1.54, 1.807) is 12.1 Å². The molecule has 0 aliphatic carbocycles. The average Bonchev–Trinajstić information content (AvgIpc) is 3.60. The number of phenols is 1. The molecule has 1 saturated heterocycles. The minimum Gasteiger partial charge on any atom is -0.508 e. The summed E-state index contributed by atoms with van der Waals surface area (Å²) < 4.78 is -0.473. The Labute approximate surface area is 320 Å². The van der Waals surface area contributed by atoms with E-state index in [0.29, 0.717) is 31.2 Å². The van der Waals surface area contributed by atoms with Crippen LogP contribution in [0.15, 0.2) is 29.3 Å². The first kappa shape index (κ1) is 45.7. The van der Waals surface area contributed by atoms with Gasteiger partial charge in [-0.1, -0.05) is 51.6 Å². The number of nitrogens with two attached hydrogens (primary N) is 2.